The number of benzene rings is 1. The second-order valence-electron chi connectivity index (χ2n) is 3.91. The van der Waals surface area contributed by atoms with E-state index in [0.717, 1.165) is 6.42 Å². The van der Waals surface area contributed by atoms with Crippen LogP contribution in [0.15, 0.2) is 36.4 Å². The van der Waals surface area contributed by atoms with Crippen LogP contribution in [0.5, 0.6) is 0 Å². The molecule has 1 aromatic carbocycles. The summed E-state index contributed by atoms with van der Waals surface area (Å²) in [5.74, 6) is 0. The Morgan fingerprint density at radius 2 is 2.07 bits per heavy atom. The van der Waals surface area contributed by atoms with Crippen LogP contribution in [0.1, 0.15) is 6.42 Å². The van der Waals surface area contributed by atoms with E-state index in [-0.39, 0.29) is 0 Å². The second kappa shape index (κ2) is 3.13. The molecule has 0 N–H and O–H groups in total. The molecule has 0 saturated carbocycles. The first-order valence-electron chi connectivity index (χ1n) is 5.28. The normalized spacial score (nSPS) is 14.2. The molecule has 1 heterocycles. The zero-order valence-electron chi connectivity index (χ0n) is 8.77. The molecule has 0 spiro atoms. The van der Waals surface area contributed by atoms with Crippen molar-refractivity contribution in [3.05, 3.63) is 47.0 Å². The number of nitrogens with zero attached hydrogens (tertiary/aromatic N) is 1. The highest BCUT2D eigenvalue weighted by atomic mass is 14.9. The monoisotopic (exact) mass is 195 g/mol. The molecule has 1 aromatic heterocycles. The van der Waals surface area contributed by atoms with Crippen molar-refractivity contribution in [2.24, 2.45) is 7.05 Å². The van der Waals surface area contributed by atoms with Crippen LogP contribution in [0.2, 0.25) is 0 Å². The van der Waals surface area contributed by atoms with E-state index in [1.165, 1.54) is 21.5 Å². The minimum atomic E-state index is 1.02. The van der Waals surface area contributed by atoms with Gasteiger partial charge in [-0.05, 0) is 12.5 Å². The summed E-state index contributed by atoms with van der Waals surface area (Å²) in [4.78, 5) is 0. The van der Waals surface area contributed by atoms with E-state index < -0.39 is 0 Å². The molecular weight excluding hydrogens is 182 g/mol. The van der Waals surface area contributed by atoms with Gasteiger partial charge in [-0.1, -0.05) is 42.5 Å². The summed E-state index contributed by atoms with van der Waals surface area (Å²) in [6, 6.07) is 8.57. The molecule has 0 saturated heterocycles. The first-order valence-corrected chi connectivity index (χ1v) is 5.28. The summed E-state index contributed by atoms with van der Waals surface area (Å²) in [5, 5.41) is 4.03. The molecule has 3 rings (SSSR count). The van der Waals surface area contributed by atoms with Gasteiger partial charge in [0.05, 0.1) is 0 Å². The van der Waals surface area contributed by atoms with E-state index in [0.29, 0.717) is 0 Å². The molecule has 0 atom stereocenters. The third-order valence-corrected chi connectivity index (χ3v) is 3.04. The Balaban J connectivity index is 2.64. The lowest BCUT2D eigenvalue weighted by Gasteiger charge is -1.94. The first kappa shape index (κ1) is 8.54. The van der Waals surface area contributed by atoms with Crippen LogP contribution < -0.4 is 10.6 Å². The summed E-state index contributed by atoms with van der Waals surface area (Å²) in [5.41, 5.74) is 1.31. The molecule has 0 unspecified atom stereocenters. The van der Waals surface area contributed by atoms with Gasteiger partial charge in [0.15, 0.2) is 0 Å². The van der Waals surface area contributed by atoms with Gasteiger partial charge >= 0.3 is 0 Å². The van der Waals surface area contributed by atoms with Gasteiger partial charge in [-0.3, -0.25) is 0 Å². The van der Waals surface area contributed by atoms with E-state index in [1.807, 2.05) is 0 Å². The predicted molar refractivity (Wildman–Crippen MR) is 64.9 cm³/mol. The van der Waals surface area contributed by atoms with Crippen LogP contribution in [0, 0.1) is 0 Å². The summed E-state index contributed by atoms with van der Waals surface area (Å²) >= 11 is 0. The molecule has 0 amide bonds. The van der Waals surface area contributed by atoms with E-state index in [2.05, 4.69) is 60.2 Å². The van der Waals surface area contributed by atoms with Gasteiger partial charge in [-0.2, -0.15) is 0 Å². The van der Waals surface area contributed by atoms with Crippen molar-refractivity contribution in [3.8, 4) is 0 Å². The minimum Gasteiger partial charge on any atom is -0.344 e. The van der Waals surface area contributed by atoms with E-state index in [1.54, 1.807) is 0 Å². The van der Waals surface area contributed by atoms with Gasteiger partial charge in [0.1, 0.15) is 0 Å². The average Bonchev–Trinajstić information content (AvgIpc) is 2.48. The van der Waals surface area contributed by atoms with Crippen molar-refractivity contribution < 1.29 is 0 Å². The van der Waals surface area contributed by atoms with Crippen LogP contribution in [0.25, 0.3) is 23.1 Å². The molecule has 0 bridgehead atoms. The highest BCUT2D eigenvalue weighted by Crippen LogP contribution is 2.07. The third kappa shape index (κ3) is 1.16. The zero-order chi connectivity index (χ0) is 10.3. The summed E-state index contributed by atoms with van der Waals surface area (Å²) in [7, 11) is 2.14. The predicted octanol–water partition coefficient (Wildman–Crippen LogP) is 1.70. The Bertz CT molecular complexity index is 656. The maximum Gasteiger partial charge on any atom is 0.0488 e. The lowest BCUT2D eigenvalue weighted by Crippen LogP contribution is -2.26. The number of fused-ring (bicyclic) bond motifs is 3. The molecule has 1 nitrogen and oxygen atoms in total. The van der Waals surface area contributed by atoms with Crippen LogP contribution in [-0.2, 0) is 7.05 Å². The molecule has 0 aliphatic heterocycles. The number of hydrogen-bond acceptors (Lipinski definition) is 0. The van der Waals surface area contributed by atoms with Gasteiger partial charge in [-0.15, -0.1) is 0 Å². The number of allylic oxidation sites excluding steroid dienone is 2. The summed E-state index contributed by atoms with van der Waals surface area (Å²) in [6.07, 6.45) is 9.85. The van der Waals surface area contributed by atoms with E-state index >= 15 is 0 Å². The molecule has 15 heavy (non-hydrogen) atoms. The highest BCUT2D eigenvalue weighted by Gasteiger charge is 2.03. The first-order chi connectivity index (χ1) is 7.38. The van der Waals surface area contributed by atoms with E-state index in [4.69, 9.17) is 0 Å². The van der Waals surface area contributed by atoms with Crippen molar-refractivity contribution in [2.75, 3.05) is 0 Å². The van der Waals surface area contributed by atoms with Gasteiger partial charge in [0.25, 0.3) is 0 Å². The summed E-state index contributed by atoms with van der Waals surface area (Å²) < 4.78 is 2.27. The molecule has 1 aliphatic rings. The minimum absolute atomic E-state index is 1.02. The molecule has 74 valence electrons. The van der Waals surface area contributed by atoms with Gasteiger partial charge in [0, 0.05) is 28.5 Å². The maximum absolute atomic E-state index is 2.29. The van der Waals surface area contributed by atoms with Crippen LogP contribution >= 0.6 is 0 Å². The Labute approximate surface area is 88.6 Å². The topological polar surface area (TPSA) is 4.93 Å². The third-order valence-electron chi connectivity index (χ3n) is 3.04. The van der Waals surface area contributed by atoms with Crippen LogP contribution in [-0.4, -0.2) is 4.57 Å². The lowest BCUT2D eigenvalue weighted by atomic mass is 10.2. The van der Waals surface area contributed by atoms with Crippen LogP contribution in [0.4, 0.5) is 0 Å². The van der Waals surface area contributed by atoms with Gasteiger partial charge in [-0.25, -0.2) is 0 Å². The maximum atomic E-state index is 2.29. The van der Waals surface area contributed by atoms with Crippen molar-refractivity contribution in [1.29, 1.82) is 0 Å². The van der Waals surface area contributed by atoms with Crippen molar-refractivity contribution in [1.82, 2.24) is 4.57 Å². The molecular formula is C14H13N. The molecule has 0 fully saturated rings. The van der Waals surface area contributed by atoms with Crippen LogP contribution in [0.3, 0.4) is 0 Å². The second-order valence-corrected chi connectivity index (χ2v) is 3.91. The molecule has 2 aromatic rings. The van der Waals surface area contributed by atoms with Crippen molar-refractivity contribution in [3.63, 3.8) is 0 Å². The molecule has 0 radical (unpaired) electrons. The van der Waals surface area contributed by atoms with Gasteiger partial charge < -0.3 is 4.57 Å². The largest absolute Gasteiger partial charge is 0.344 e. The smallest absolute Gasteiger partial charge is 0.0488 e. The fourth-order valence-corrected chi connectivity index (χ4v) is 2.29. The fourth-order valence-electron chi connectivity index (χ4n) is 2.29. The average molecular weight is 195 g/mol. The Hall–Kier alpha value is -1.76. The van der Waals surface area contributed by atoms with Crippen molar-refractivity contribution >= 4 is 23.1 Å². The Morgan fingerprint density at radius 1 is 1.20 bits per heavy atom. The fraction of sp³-hybridized carbons (Fsp3) is 0.143. The quantitative estimate of drug-likeness (QED) is 0.603. The van der Waals surface area contributed by atoms with E-state index in [9.17, 15) is 0 Å². The molecule has 1 aliphatic carbocycles. The van der Waals surface area contributed by atoms with Crippen molar-refractivity contribution in [2.45, 2.75) is 6.42 Å². The number of para-hydroxylation sites is 1. The van der Waals surface area contributed by atoms with Gasteiger partial charge in [0.2, 0.25) is 0 Å². The number of aryl methyl sites for hydroxylation is 1. The summed E-state index contributed by atoms with van der Waals surface area (Å²) in [6.45, 7) is 0. The number of hydrogen-bond donors (Lipinski definition) is 0. The SMILES string of the molecule is Cn1c2c(c3ccccc31)=CC=CCC=2. The zero-order valence-corrected chi connectivity index (χ0v) is 8.77. The lowest BCUT2D eigenvalue weighted by molar-refractivity contribution is 0.922. The standard InChI is InChI=1S/C14H13N/c1-15-13-9-4-2-3-7-11(13)12-8-5-6-10-14(12)15/h2-3,5-10H,4H2,1H3. The number of aromatic nitrogens is 1. The Morgan fingerprint density at radius 3 is 3.00 bits per heavy atom. The molecule has 1 heteroatoms. The number of rotatable bonds is 0. The highest BCUT2D eigenvalue weighted by molar-refractivity contribution is 5.82. The Kier molecular flexibility index (Phi) is 1.78.